The molecule has 0 amide bonds. The summed E-state index contributed by atoms with van der Waals surface area (Å²) < 4.78 is 33.9. The Kier molecular flexibility index (Phi) is 8.65. The van der Waals surface area contributed by atoms with Gasteiger partial charge in [-0.15, -0.1) is 0 Å². The summed E-state index contributed by atoms with van der Waals surface area (Å²) in [4.78, 5) is 139. The number of hydrogen-bond donors (Lipinski definition) is 2. The van der Waals surface area contributed by atoms with Crippen LogP contribution in [0.5, 0.6) is 0 Å². The lowest BCUT2D eigenvalue weighted by Crippen LogP contribution is -2.78. The summed E-state index contributed by atoms with van der Waals surface area (Å²) in [5, 5.41) is 28.7. The van der Waals surface area contributed by atoms with Crippen LogP contribution in [0.2, 0.25) is 0 Å². The molecular formula is C94H37Cl9O15. The molecule has 0 bridgehead atoms. The molecule has 118 heavy (non-hydrogen) atoms. The van der Waals surface area contributed by atoms with Crippen LogP contribution in [0.15, 0.2) is 263 Å². The van der Waals surface area contributed by atoms with Crippen molar-refractivity contribution in [2.24, 2.45) is 101 Å². The highest BCUT2D eigenvalue weighted by Crippen LogP contribution is 3.01. The fourth-order valence-electron chi connectivity index (χ4n) is 37.1. The monoisotopic (exact) mass is 1720 g/mol. The zero-order chi connectivity index (χ0) is 78.1. The van der Waals surface area contributed by atoms with Crippen LogP contribution in [0, 0.1) is 101 Å². The third-order valence-electron chi connectivity index (χ3n) is 38.3. The van der Waals surface area contributed by atoms with Crippen molar-refractivity contribution in [2.45, 2.75) is 80.2 Å². The molecule has 24 heteroatoms. The molecule has 2 aromatic carbocycles. The van der Waals surface area contributed by atoms with Gasteiger partial charge in [0.25, 0.3) is 15.7 Å². The first-order valence-corrected chi connectivity index (χ1v) is 43.9. The summed E-state index contributed by atoms with van der Waals surface area (Å²) in [6, 6.07) is 3.81. The van der Waals surface area contributed by atoms with Crippen LogP contribution in [-0.4, -0.2) is 108 Å². The minimum atomic E-state index is -2.27. The van der Waals surface area contributed by atoms with Crippen LogP contribution in [0.1, 0.15) is 55.9 Å². The minimum absolute atomic E-state index is 0.0583. The molecule has 30 atom stereocenters. The minimum Gasteiger partial charge on any atom is -0.383 e. The van der Waals surface area contributed by atoms with E-state index >= 15 is 48.6 Å². The third kappa shape index (κ3) is 4.67. The Bertz CT molecular complexity index is 7640. The number of carbonyl (C=O) groups is 9. The number of hydrogen-bond acceptors (Lipinski definition) is 15. The second kappa shape index (κ2) is 16.3. The van der Waals surface area contributed by atoms with Gasteiger partial charge in [-0.25, -0.2) is 0 Å². The quantitative estimate of drug-likeness (QED) is 0.135. The van der Waals surface area contributed by atoms with E-state index in [-0.39, 0.29) is 39.8 Å². The number of ether oxygens (including phenoxy) is 4. The molecule has 7 spiro atoms. The van der Waals surface area contributed by atoms with E-state index in [4.69, 9.17) is 123 Å². The summed E-state index contributed by atoms with van der Waals surface area (Å²) in [7, 11) is 0. The summed E-state index contributed by atoms with van der Waals surface area (Å²) in [6.45, 7) is 0. The Labute approximate surface area is 706 Å². The number of rotatable bonds is 9. The van der Waals surface area contributed by atoms with Crippen LogP contribution in [0.25, 0.3) is 10.8 Å². The van der Waals surface area contributed by atoms with E-state index in [1.165, 1.54) is 0 Å². The molecule has 6 saturated carbocycles. The first-order valence-electron chi connectivity index (χ1n) is 40.5. The summed E-state index contributed by atoms with van der Waals surface area (Å²) in [5.41, 5.74) is 5.03. The van der Waals surface area contributed by atoms with Crippen LogP contribution < -0.4 is 0 Å². The van der Waals surface area contributed by atoms with Crippen molar-refractivity contribution >= 4 is 162 Å². The lowest BCUT2D eigenvalue weighted by atomic mass is 9.24. The van der Waals surface area contributed by atoms with Gasteiger partial charge in [0, 0.05) is 116 Å². The number of fused-ring (bicyclic) bond motifs is 1. The van der Waals surface area contributed by atoms with Crippen molar-refractivity contribution in [2.75, 3.05) is 0 Å². The molecule has 566 valence electrons. The van der Waals surface area contributed by atoms with Gasteiger partial charge in [0.1, 0.15) is 44.8 Å². The van der Waals surface area contributed by atoms with E-state index in [1.54, 1.807) is 24.3 Å². The lowest BCUT2D eigenvalue weighted by Gasteiger charge is -2.77. The highest BCUT2D eigenvalue weighted by molar-refractivity contribution is 6.70. The molecule has 4 aliphatic heterocycles. The fourth-order valence-corrected chi connectivity index (χ4v) is 39.0. The van der Waals surface area contributed by atoms with Gasteiger partial charge in [0.2, 0.25) is 31.5 Å². The Morgan fingerprint density at radius 2 is 1.26 bits per heavy atom. The molecule has 34 aliphatic rings. The maximum absolute atomic E-state index is 17.6. The van der Waals surface area contributed by atoms with Crippen LogP contribution in [0.4, 0.5) is 0 Å². The van der Waals surface area contributed by atoms with Crippen molar-refractivity contribution in [1.29, 1.82) is 0 Å². The summed E-state index contributed by atoms with van der Waals surface area (Å²) in [6.07, 6.45) is 20.5. The van der Waals surface area contributed by atoms with Gasteiger partial charge in [0.05, 0.1) is 41.4 Å². The van der Waals surface area contributed by atoms with E-state index in [9.17, 15) is 4.79 Å². The molecule has 0 radical (unpaired) electrons. The molecule has 0 aromatic heterocycles. The maximum atomic E-state index is 17.6. The molecule has 15 nitrogen and oxygen atoms in total. The molecule has 30 unspecified atom stereocenters. The molecule has 2 aromatic rings. The Morgan fingerprint density at radius 1 is 0.492 bits per heavy atom. The number of halogens is 9. The number of carbonyl (C=O) groups excluding carboxylic acids is 9. The zero-order valence-electron chi connectivity index (χ0n) is 59.4. The maximum Gasteiger partial charge on any atom is 0.252 e. The number of aliphatic hydroxyl groups is 2. The van der Waals surface area contributed by atoms with Crippen molar-refractivity contribution in [3.05, 3.63) is 296 Å². The molecule has 4 heterocycles. The molecular weight excluding hydrogens is 1690 g/mol. The first kappa shape index (κ1) is 62.5. The topological polar surface area (TPSA) is 244 Å². The standard InChI is InChI=1S/C94H37Cl9O15/c95-76(104)24-6-15-5-20-26(78(97)106)8-21-22-9-25(77(96)105)17-2-1-16-7-31-38(82(101)110)29-10-23-27(79(98)107)11-30-39(83(102)111)35-12-28(80(99)108)34-13-32-37(81(100)109)18-3-4-19-47-59(18)86(113)62(32)74-52-54-66-56-51-55-65-53(42(29)48-41(23)45(30)69(90(35)89(34,74)117-90)57(52)64(48)87(65,66)114)61(31)91-72(55)50(44(22)60(17)88(16,91)116-91)49-40(21)43(20)68-36(15)46-33(24)14-85(63(19)84(103)112)93(115-85)70(47)58(67(54)86)73(56)94(75(46)93)92(68,118-94)71(49)51/h1-13,25-27,37,39-40,42,45,51,53,58-59,61,63,65,67,69,71,73,75,113-114H,14H2. The van der Waals surface area contributed by atoms with Crippen molar-refractivity contribution in [3.63, 3.8) is 0 Å². The largest absolute Gasteiger partial charge is 0.383 e. The Balaban J connectivity index is 0.820. The van der Waals surface area contributed by atoms with E-state index in [1.807, 2.05) is 54.7 Å². The molecule has 4 saturated heterocycles. The van der Waals surface area contributed by atoms with Crippen LogP contribution >= 0.6 is 104 Å². The fraction of sp³-hybridized carbons (Fsp3) is 0.330. The predicted octanol–water partition coefficient (Wildman–Crippen LogP) is 12.4. The molecule has 2 N–H and O–H groups in total. The molecule has 30 aliphatic carbocycles. The number of allylic oxidation sites excluding steroid dienone is 18. The van der Waals surface area contributed by atoms with E-state index in [2.05, 4.69) is 0 Å². The lowest BCUT2D eigenvalue weighted by molar-refractivity contribution is -0.118. The number of benzene rings is 2. The van der Waals surface area contributed by atoms with Crippen LogP contribution in [0.3, 0.4) is 0 Å². The predicted molar refractivity (Wildman–Crippen MR) is 414 cm³/mol. The van der Waals surface area contributed by atoms with Gasteiger partial charge < -0.3 is 29.2 Å². The Hall–Kier alpha value is -7.62. The summed E-state index contributed by atoms with van der Waals surface area (Å²) in [5.74, 6) is -20.6. The molecule has 10 fully saturated rings. The van der Waals surface area contributed by atoms with E-state index in [0.29, 0.717) is 122 Å². The molecule has 36 rings (SSSR count). The van der Waals surface area contributed by atoms with E-state index < -0.39 is 222 Å². The van der Waals surface area contributed by atoms with Gasteiger partial charge >= 0.3 is 0 Å². The van der Waals surface area contributed by atoms with Crippen molar-refractivity contribution in [1.82, 2.24) is 0 Å². The van der Waals surface area contributed by atoms with Crippen molar-refractivity contribution in [3.8, 4) is 0 Å². The average Bonchev–Trinajstić information content (AvgIpc) is 1.33. The van der Waals surface area contributed by atoms with Gasteiger partial charge in [-0.05, 0) is 318 Å². The van der Waals surface area contributed by atoms with E-state index in [0.717, 1.165) is 72.2 Å². The first-order chi connectivity index (χ1) is 56.7. The van der Waals surface area contributed by atoms with Gasteiger partial charge in [-0.2, -0.15) is 0 Å². The second-order valence-electron chi connectivity index (χ2n) is 39.6. The number of epoxide rings is 4. The SMILES string of the molecule is O=C(Cl)C1=C2C=C3C4=C5C6=C7C8=C9C%10C%11=C%12C%13=C%14C%15C(=CC(C(=O)Cl)c%16cc%17cc(C(=O)Cl)c%18c%19c%17c(c%16%15)C%15(OC%15%16C9C9C%15=C%17C(=CC=C(C3C(=O)Cl)C%17C4(O)C79)C(C(=O)Cl)C3(C%18)OC%153C%19%16)C%14%10)C3=CC(C(=O)Cl)C4=CC=C7C=C9C(C(=O)Cl)=C%10C=C%14C%15=C%16C(=C6C6C%15C(=CC%14C(=O)Cl)C(C(=O)Cl)C(=C1)C61OC251)C8(O)C%11C(C%10%16)C9C%121OC71C4=C3%13. The average molecular weight is 1730 g/mol. The second-order valence-corrected chi connectivity index (χ2v) is 42.9. The van der Waals surface area contributed by atoms with Gasteiger partial charge in [-0.1, -0.05) is 60.8 Å². The van der Waals surface area contributed by atoms with Crippen molar-refractivity contribution < 1.29 is 72.3 Å². The normalized spacial score (nSPS) is 50.3. The summed E-state index contributed by atoms with van der Waals surface area (Å²) >= 11 is 65.5. The highest BCUT2D eigenvalue weighted by Gasteiger charge is 3.04. The third-order valence-corrected chi connectivity index (χ3v) is 40.2. The van der Waals surface area contributed by atoms with Gasteiger partial charge in [0.15, 0.2) is 11.2 Å². The highest BCUT2D eigenvalue weighted by atomic mass is 35.5. The smallest absolute Gasteiger partial charge is 0.252 e. The Morgan fingerprint density at radius 3 is 2.02 bits per heavy atom. The van der Waals surface area contributed by atoms with Crippen LogP contribution in [-0.2, 0) is 69.3 Å². The zero-order valence-corrected chi connectivity index (χ0v) is 66.2. The van der Waals surface area contributed by atoms with Gasteiger partial charge in [-0.3, -0.25) is 43.2 Å².